The van der Waals surface area contributed by atoms with Gasteiger partial charge < -0.3 is 5.32 Å². The highest BCUT2D eigenvalue weighted by molar-refractivity contribution is 7.99. The first kappa shape index (κ1) is 14.2. The Kier molecular flexibility index (Phi) is 5.05. The molecular formula is C15H21N3S. The zero-order valence-electron chi connectivity index (χ0n) is 11.8. The standard InChI is InChI=1S/C15H21N3S/c1-12-6-4-5-7-15(12)19-11-14(16-2)10-13-8-9-18(3)17-13/h4-9,14,16H,10-11H2,1-3H3. The molecule has 2 rings (SSSR count). The van der Waals surface area contributed by atoms with Crippen LogP contribution in [0.15, 0.2) is 41.4 Å². The number of rotatable bonds is 6. The number of hydrogen-bond acceptors (Lipinski definition) is 3. The molecule has 0 bridgehead atoms. The minimum absolute atomic E-state index is 0.444. The van der Waals surface area contributed by atoms with E-state index in [1.165, 1.54) is 10.5 Å². The zero-order valence-corrected chi connectivity index (χ0v) is 12.6. The van der Waals surface area contributed by atoms with Crippen molar-refractivity contribution in [3.05, 3.63) is 47.8 Å². The number of likely N-dealkylation sites (N-methyl/N-ethyl adjacent to an activating group) is 1. The predicted molar refractivity (Wildman–Crippen MR) is 81.7 cm³/mol. The van der Waals surface area contributed by atoms with Gasteiger partial charge in [-0.1, -0.05) is 18.2 Å². The van der Waals surface area contributed by atoms with E-state index in [2.05, 4.69) is 47.7 Å². The Morgan fingerprint density at radius 2 is 2.11 bits per heavy atom. The number of nitrogens with one attached hydrogen (secondary N) is 1. The summed E-state index contributed by atoms with van der Waals surface area (Å²) in [5.41, 5.74) is 2.49. The molecule has 0 fully saturated rings. The molecule has 0 amide bonds. The third-order valence-electron chi connectivity index (χ3n) is 3.17. The van der Waals surface area contributed by atoms with E-state index in [9.17, 15) is 0 Å². The summed E-state index contributed by atoms with van der Waals surface area (Å²) in [4.78, 5) is 1.36. The van der Waals surface area contributed by atoms with Gasteiger partial charge in [0, 0.05) is 36.4 Å². The maximum Gasteiger partial charge on any atom is 0.0640 e. The monoisotopic (exact) mass is 275 g/mol. The van der Waals surface area contributed by atoms with Gasteiger partial charge >= 0.3 is 0 Å². The van der Waals surface area contributed by atoms with Crippen LogP contribution in [-0.2, 0) is 13.5 Å². The van der Waals surface area contributed by atoms with E-state index in [0.717, 1.165) is 17.9 Å². The van der Waals surface area contributed by atoms with Gasteiger partial charge in [-0.15, -0.1) is 11.8 Å². The summed E-state index contributed by atoms with van der Waals surface area (Å²) in [6.07, 6.45) is 2.97. The molecule has 4 heteroatoms. The van der Waals surface area contributed by atoms with E-state index >= 15 is 0 Å². The highest BCUT2D eigenvalue weighted by Gasteiger charge is 2.10. The summed E-state index contributed by atoms with van der Waals surface area (Å²) in [7, 11) is 3.98. The molecule has 19 heavy (non-hydrogen) atoms. The lowest BCUT2D eigenvalue weighted by Crippen LogP contribution is -2.30. The molecule has 0 aliphatic heterocycles. The van der Waals surface area contributed by atoms with Crippen LogP contribution in [0.2, 0.25) is 0 Å². The number of benzene rings is 1. The van der Waals surface area contributed by atoms with Gasteiger partial charge in [-0.05, 0) is 31.7 Å². The molecule has 0 radical (unpaired) electrons. The first-order valence-corrected chi connectivity index (χ1v) is 7.52. The molecule has 0 saturated heterocycles. The first-order chi connectivity index (χ1) is 9.19. The van der Waals surface area contributed by atoms with Gasteiger partial charge in [-0.3, -0.25) is 4.68 Å². The van der Waals surface area contributed by atoms with Crippen LogP contribution in [0.25, 0.3) is 0 Å². The molecule has 0 spiro atoms. The number of aryl methyl sites for hydroxylation is 2. The van der Waals surface area contributed by atoms with Gasteiger partial charge in [0.25, 0.3) is 0 Å². The normalized spacial score (nSPS) is 12.6. The molecule has 1 aromatic heterocycles. The van der Waals surface area contributed by atoms with Crippen LogP contribution in [0.4, 0.5) is 0 Å². The molecule has 2 aromatic rings. The molecule has 0 aliphatic rings. The molecule has 1 atom stereocenters. The average Bonchev–Trinajstić information content (AvgIpc) is 2.81. The summed E-state index contributed by atoms with van der Waals surface area (Å²) in [5.74, 6) is 1.05. The predicted octanol–water partition coefficient (Wildman–Crippen LogP) is 2.65. The quantitative estimate of drug-likeness (QED) is 0.822. The lowest BCUT2D eigenvalue weighted by atomic mass is 10.2. The van der Waals surface area contributed by atoms with Crippen LogP contribution in [-0.4, -0.2) is 28.6 Å². The molecule has 1 unspecified atom stereocenters. The second-order valence-corrected chi connectivity index (χ2v) is 5.81. The minimum atomic E-state index is 0.444. The van der Waals surface area contributed by atoms with E-state index < -0.39 is 0 Å². The van der Waals surface area contributed by atoms with Crippen molar-refractivity contribution in [3.63, 3.8) is 0 Å². The lowest BCUT2D eigenvalue weighted by Gasteiger charge is -2.15. The summed E-state index contributed by atoms with van der Waals surface area (Å²) in [6.45, 7) is 2.16. The Bertz CT molecular complexity index is 522. The number of nitrogens with zero attached hydrogens (tertiary/aromatic N) is 2. The van der Waals surface area contributed by atoms with E-state index in [1.807, 2.05) is 36.7 Å². The van der Waals surface area contributed by atoms with Crippen molar-refractivity contribution in [1.29, 1.82) is 0 Å². The van der Waals surface area contributed by atoms with Crippen LogP contribution < -0.4 is 5.32 Å². The Hall–Kier alpha value is -1.26. The van der Waals surface area contributed by atoms with Crippen molar-refractivity contribution >= 4 is 11.8 Å². The fourth-order valence-electron chi connectivity index (χ4n) is 1.98. The SMILES string of the molecule is CNC(CSc1ccccc1C)Cc1ccn(C)n1. The Morgan fingerprint density at radius 1 is 1.32 bits per heavy atom. The van der Waals surface area contributed by atoms with Crippen molar-refractivity contribution in [2.45, 2.75) is 24.3 Å². The van der Waals surface area contributed by atoms with E-state index in [-0.39, 0.29) is 0 Å². The van der Waals surface area contributed by atoms with Crippen molar-refractivity contribution < 1.29 is 0 Å². The van der Waals surface area contributed by atoms with E-state index in [1.54, 1.807) is 0 Å². The highest BCUT2D eigenvalue weighted by Crippen LogP contribution is 2.23. The van der Waals surface area contributed by atoms with Crippen molar-refractivity contribution in [2.24, 2.45) is 7.05 Å². The highest BCUT2D eigenvalue weighted by atomic mass is 32.2. The topological polar surface area (TPSA) is 29.9 Å². The van der Waals surface area contributed by atoms with Crippen molar-refractivity contribution in [1.82, 2.24) is 15.1 Å². The summed E-state index contributed by atoms with van der Waals surface area (Å²) in [6, 6.07) is 11.1. The maximum atomic E-state index is 4.44. The van der Waals surface area contributed by atoms with E-state index in [4.69, 9.17) is 0 Å². The minimum Gasteiger partial charge on any atom is -0.316 e. The van der Waals surface area contributed by atoms with Gasteiger partial charge in [0.05, 0.1) is 5.69 Å². The van der Waals surface area contributed by atoms with Crippen LogP contribution >= 0.6 is 11.8 Å². The average molecular weight is 275 g/mol. The molecule has 0 saturated carbocycles. The van der Waals surface area contributed by atoms with Crippen molar-refractivity contribution in [2.75, 3.05) is 12.8 Å². The largest absolute Gasteiger partial charge is 0.316 e. The molecule has 102 valence electrons. The van der Waals surface area contributed by atoms with Crippen LogP contribution in [0.1, 0.15) is 11.3 Å². The molecule has 3 nitrogen and oxygen atoms in total. The van der Waals surface area contributed by atoms with Gasteiger partial charge in [-0.2, -0.15) is 5.10 Å². The lowest BCUT2D eigenvalue weighted by molar-refractivity contribution is 0.600. The smallest absolute Gasteiger partial charge is 0.0640 e. The van der Waals surface area contributed by atoms with E-state index in [0.29, 0.717) is 6.04 Å². The summed E-state index contributed by atoms with van der Waals surface area (Å²) >= 11 is 1.91. The third-order valence-corrected chi connectivity index (χ3v) is 4.50. The number of aromatic nitrogens is 2. The first-order valence-electron chi connectivity index (χ1n) is 6.53. The number of thioether (sulfide) groups is 1. The van der Waals surface area contributed by atoms with Crippen molar-refractivity contribution in [3.8, 4) is 0 Å². The van der Waals surface area contributed by atoms with Gasteiger partial charge in [0.1, 0.15) is 0 Å². The van der Waals surface area contributed by atoms with Crippen LogP contribution in [0.5, 0.6) is 0 Å². The molecule has 1 heterocycles. The molecule has 1 N–H and O–H groups in total. The Labute approximate surface area is 119 Å². The van der Waals surface area contributed by atoms with Gasteiger partial charge in [0.15, 0.2) is 0 Å². The fraction of sp³-hybridized carbons (Fsp3) is 0.400. The number of hydrogen-bond donors (Lipinski definition) is 1. The second-order valence-electron chi connectivity index (χ2n) is 4.75. The zero-order chi connectivity index (χ0) is 13.7. The van der Waals surface area contributed by atoms with Crippen LogP contribution in [0, 0.1) is 6.92 Å². The molecular weight excluding hydrogens is 254 g/mol. The third kappa shape index (κ3) is 4.11. The molecule has 1 aromatic carbocycles. The maximum absolute atomic E-state index is 4.44. The fourth-order valence-corrected chi connectivity index (χ4v) is 3.11. The Morgan fingerprint density at radius 3 is 2.74 bits per heavy atom. The van der Waals surface area contributed by atoms with Gasteiger partial charge in [0.2, 0.25) is 0 Å². The summed E-state index contributed by atoms with van der Waals surface area (Å²) in [5, 5.41) is 7.82. The Balaban J connectivity index is 1.91. The molecule has 0 aliphatic carbocycles. The van der Waals surface area contributed by atoms with Crippen LogP contribution in [0.3, 0.4) is 0 Å². The van der Waals surface area contributed by atoms with Gasteiger partial charge in [-0.25, -0.2) is 0 Å². The second kappa shape index (κ2) is 6.78. The summed E-state index contributed by atoms with van der Waals surface area (Å²) < 4.78 is 1.86.